The maximum atomic E-state index is 11.4. The summed E-state index contributed by atoms with van der Waals surface area (Å²) >= 11 is 5.07. The summed E-state index contributed by atoms with van der Waals surface area (Å²) in [6.07, 6.45) is -0.531. The van der Waals surface area contributed by atoms with Crippen LogP contribution in [0.1, 0.15) is 25.0 Å². The van der Waals surface area contributed by atoms with Crippen LogP contribution in [-0.2, 0) is 4.74 Å². The average molecular weight is 280 g/mol. The highest BCUT2D eigenvalue weighted by Gasteiger charge is 2.07. The quantitative estimate of drug-likeness (QED) is 0.833. The normalized spacial score (nSPS) is 10.2. The Balaban J connectivity index is 2.51. The van der Waals surface area contributed by atoms with E-state index in [0.29, 0.717) is 12.5 Å². The molecule has 104 valence electrons. The molecule has 0 aliphatic heterocycles. The molecule has 1 aromatic rings. The van der Waals surface area contributed by atoms with Crippen molar-refractivity contribution in [3.63, 3.8) is 0 Å². The van der Waals surface area contributed by atoms with E-state index in [0.717, 1.165) is 16.8 Å². The van der Waals surface area contributed by atoms with E-state index in [2.05, 4.69) is 10.6 Å². The molecule has 0 radical (unpaired) electrons. The highest BCUT2D eigenvalue weighted by molar-refractivity contribution is 7.80. The third-order valence-electron chi connectivity index (χ3n) is 2.40. The van der Waals surface area contributed by atoms with E-state index in [1.54, 1.807) is 0 Å². The van der Waals surface area contributed by atoms with E-state index in [-0.39, 0.29) is 5.11 Å². The van der Waals surface area contributed by atoms with Crippen LogP contribution < -0.4 is 10.6 Å². The van der Waals surface area contributed by atoms with Crippen molar-refractivity contribution >= 4 is 29.1 Å². The summed E-state index contributed by atoms with van der Waals surface area (Å²) in [5, 5.41) is 5.72. The van der Waals surface area contributed by atoms with Crippen LogP contribution in [-0.4, -0.2) is 17.8 Å². The molecule has 1 rings (SSSR count). The molecule has 0 aliphatic carbocycles. The number of benzene rings is 1. The zero-order valence-electron chi connectivity index (χ0n) is 11.7. The second-order valence-corrected chi connectivity index (χ2v) is 5.30. The van der Waals surface area contributed by atoms with Crippen molar-refractivity contribution in [3.8, 4) is 0 Å². The van der Waals surface area contributed by atoms with Gasteiger partial charge in [-0.15, -0.1) is 0 Å². The van der Waals surface area contributed by atoms with Gasteiger partial charge < -0.3 is 10.1 Å². The molecule has 0 saturated heterocycles. The molecular formula is C14H20N2O2S. The molecule has 1 amide bonds. The molecular weight excluding hydrogens is 260 g/mol. The number of hydrogen-bond donors (Lipinski definition) is 2. The van der Waals surface area contributed by atoms with Crippen molar-refractivity contribution in [1.29, 1.82) is 0 Å². The Morgan fingerprint density at radius 1 is 1.37 bits per heavy atom. The standard InChI is InChI=1S/C14H20N2O2S/c1-9(2)8-18-14(17)16-13(19)15-12-7-10(3)5-6-11(12)4/h5-7,9H,8H2,1-4H3,(H2,15,16,17,19). The summed E-state index contributed by atoms with van der Waals surface area (Å²) in [5.74, 6) is 0.297. The third-order valence-corrected chi connectivity index (χ3v) is 2.61. The van der Waals surface area contributed by atoms with E-state index in [9.17, 15) is 4.79 Å². The van der Waals surface area contributed by atoms with Crippen LogP contribution in [0.15, 0.2) is 18.2 Å². The van der Waals surface area contributed by atoms with E-state index >= 15 is 0 Å². The SMILES string of the molecule is Cc1ccc(C)c(NC(=S)NC(=O)OCC(C)C)c1. The van der Waals surface area contributed by atoms with E-state index in [4.69, 9.17) is 17.0 Å². The van der Waals surface area contributed by atoms with Crippen molar-refractivity contribution in [2.75, 3.05) is 11.9 Å². The van der Waals surface area contributed by atoms with Crippen LogP contribution in [0.4, 0.5) is 10.5 Å². The summed E-state index contributed by atoms with van der Waals surface area (Å²) in [4.78, 5) is 11.4. The number of nitrogens with one attached hydrogen (secondary N) is 2. The molecule has 0 heterocycles. The van der Waals surface area contributed by atoms with Gasteiger partial charge in [0.15, 0.2) is 5.11 Å². The fourth-order valence-corrected chi connectivity index (χ4v) is 1.59. The van der Waals surface area contributed by atoms with Crippen molar-refractivity contribution in [1.82, 2.24) is 5.32 Å². The minimum Gasteiger partial charge on any atom is -0.449 e. The highest BCUT2D eigenvalue weighted by atomic mass is 32.1. The Kier molecular flexibility index (Phi) is 5.76. The average Bonchev–Trinajstić information content (AvgIpc) is 2.31. The fourth-order valence-electron chi connectivity index (χ4n) is 1.40. The first-order chi connectivity index (χ1) is 8.88. The van der Waals surface area contributed by atoms with Gasteiger partial charge in [0.05, 0.1) is 6.61 Å². The molecule has 0 saturated carbocycles. The van der Waals surface area contributed by atoms with Crippen LogP contribution in [0.3, 0.4) is 0 Å². The lowest BCUT2D eigenvalue weighted by molar-refractivity contribution is 0.138. The third kappa shape index (κ3) is 5.70. The first-order valence-corrected chi connectivity index (χ1v) is 6.61. The number of aryl methyl sites for hydroxylation is 2. The van der Waals surface area contributed by atoms with Crippen molar-refractivity contribution in [2.45, 2.75) is 27.7 Å². The lowest BCUT2D eigenvalue weighted by Gasteiger charge is -2.13. The largest absolute Gasteiger partial charge is 0.449 e. The number of thiocarbonyl (C=S) groups is 1. The lowest BCUT2D eigenvalue weighted by Crippen LogP contribution is -2.35. The zero-order chi connectivity index (χ0) is 14.4. The van der Waals surface area contributed by atoms with Gasteiger partial charge in [-0.1, -0.05) is 26.0 Å². The zero-order valence-corrected chi connectivity index (χ0v) is 12.6. The number of anilines is 1. The fraction of sp³-hybridized carbons (Fsp3) is 0.429. The monoisotopic (exact) mass is 280 g/mol. The molecule has 4 nitrogen and oxygen atoms in total. The number of carbonyl (C=O) groups excluding carboxylic acids is 1. The van der Waals surface area contributed by atoms with Gasteiger partial charge in [0, 0.05) is 5.69 Å². The topological polar surface area (TPSA) is 50.4 Å². The lowest BCUT2D eigenvalue weighted by atomic mass is 10.1. The second kappa shape index (κ2) is 7.09. The summed E-state index contributed by atoms with van der Waals surface area (Å²) in [6, 6.07) is 5.99. The molecule has 0 spiro atoms. The summed E-state index contributed by atoms with van der Waals surface area (Å²) < 4.78 is 4.99. The highest BCUT2D eigenvalue weighted by Crippen LogP contribution is 2.16. The Labute approximate surface area is 119 Å². The maximum absolute atomic E-state index is 11.4. The van der Waals surface area contributed by atoms with Crippen LogP contribution in [0.25, 0.3) is 0 Å². The van der Waals surface area contributed by atoms with Crippen LogP contribution in [0.5, 0.6) is 0 Å². The van der Waals surface area contributed by atoms with Crippen molar-refractivity contribution < 1.29 is 9.53 Å². The number of ether oxygens (including phenoxy) is 1. The van der Waals surface area contributed by atoms with E-state index in [1.807, 2.05) is 45.9 Å². The first kappa shape index (κ1) is 15.4. The number of hydrogen-bond acceptors (Lipinski definition) is 3. The summed E-state index contributed by atoms with van der Waals surface area (Å²) in [6.45, 7) is 8.29. The minimum atomic E-state index is -0.531. The van der Waals surface area contributed by atoms with E-state index < -0.39 is 6.09 Å². The van der Waals surface area contributed by atoms with Gasteiger partial charge in [-0.05, 0) is 49.2 Å². The molecule has 0 fully saturated rings. The molecule has 19 heavy (non-hydrogen) atoms. The Morgan fingerprint density at radius 2 is 2.05 bits per heavy atom. The molecule has 0 unspecified atom stereocenters. The van der Waals surface area contributed by atoms with Crippen LogP contribution >= 0.6 is 12.2 Å². The van der Waals surface area contributed by atoms with Gasteiger partial charge in [0.1, 0.15) is 0 Å². The van der Waals surface area contributed by atoms with Gasteiger partial charge in [0.2, 0.25) is 0 Å². The Hall–Kier alpha value is -1.62. The Morgan fingerprint density at radius 3 is 2.68 bits per heavy atom. The van der Waals surface area contributed by atoms with Crippen LogP contribution in [0, 0.1) is 19.8 Å². The molecule has 2 N–H and O–H groups in total. The minimum absolute atomic E-state index is 0.238. The first-order valence-electron chi connectivity index (χ1n) is 6.20. The molecule has 1 aromatic carbocycles. The summed E-state index contributed by atoms with van der Waals surface area (Å²) in [7, 11) is 0. The van der Waals surface area contributed by atoms with Gasteiger partial charge >= 0.3 is 6.09 Å². The summed E-state index contributed by atoms with van der Waals surface area (Å²) in [5.41, 5.74) is 3.07. The van der Waals surface area contributed by atoms with Gasteiger partial charge in [-0.25, -0.2) is 4.79 Å². The Bertz CT molecular complexity index is 473. The molecule has 0 aromatic heterocycles. The smallest absolute Gasteiger partial charge is 0.413 e. The predicted octanol–water partition coefficient (Wildman–Crippen LogP) is 3.38. The molecule has 0 atom stereocenters. The number of amides is 1. The second-order valence-electron chi connectivity index (χ2n) is 4.89. The van der Waals surface area contributed by atoms with Gasteiger partial charge in [0.25, 0.3) is 0 Å². The maximum Gasteiger partial charge on any atom is 0.413 e. The number of alkyl carbamates (subject to hydrolysis) is 1. The molecule has 5 heteroatoms. The van der Waals surface area contributed by atoms with Crippen molar-refractivity contribution in [3.05, 3.63) is 29.3 Å². The molecule has 0 bridgehead atoms. The number of carbonyl (C=O) groups is 1. The number of rotatable bonds is 3. The van der Waals surface area contributed by atoms with Gasteiger partial charge in [-0.2, -0.15) is 0 Å². The predicted molar refractivity (Wildman–Crippen MR) is 81.5 cm³/mol. The molecule has 0 aliphatic rings. The van der Waals surface area contributed by atoms with Crippen LogP contribution in [0.2, 0.25) is 0 Å². The van der Waals surface area contributed by atoms with Crippen molar-refractivity contribution in [2.24, 2.45) is 5.92 Å². The van der Waals surface area contributed by atoms with Gasteiger partial charge in [-0.3, -0.25) is 5.32 Å². The van der Waals surface area contributed by atoms with E-state index in [1.165, 1.54) is 0 Å².